The van der Waals surface area contributed by atoms with E-state index >= 15 is 0 Å². The normalized spacial score (nSPS) is 19.9. The highest BCUT2D eigenvalue weighted by molar-refractivity contribution is 6.29. The van der Waals surface area contributed by atoms with Crippen LogP contribution in [0.4, 0.5) is 5.82 Å². The molecule has 0 spiro atoms. The first-order valence-corrected chi connectivity index (χ1v) is 6.00. The van der Waals surface area contributed by atoms with Gasteiger partial charge < -0.3 is 4.90 Å². The number of piperazine rings is 1. The topological polar surface area (TPSA) is 75.2 Å². The van der Waals surface area contributed by atoms with Crippen LogP contribution >= 0.6 is 11.6 Å². The Kier molecular flexibility index (Phi) is 3.47. The molecule has 18 heavy (non-hydrogen) atoms. The highest BCUT2D eigenvalue weighted by atomic mass is 35.5. The molecule has 0 bridgehead atoms. The molecule has 2 amide bonds. The van der Waals surface area contributed by atoms with E-state index in [0.717, 1.165) is 0 Å². The van der Waals surface area contributed by atoms with Crippen LogP contribution in [0.3, 0.4) is 0 Å². The summed E-state index contributed by atoms with van der Waals surface area (Å²) in [6.45, 7) is 3.68. The molecule has 6 nitrogen and oxygen atoms in total. The van der Waals surface area contributed by atoms with Gasteiger partial charge in [0.25, 0.3) is 0 Å². The van der Waals surface area contributed by atoms with E-state index < -0.39 is 6.04 Å². The predicted molar refractivity (Wildman–Crippen MR) is 66.4 cm³/mol. The van der Waals surface area contributed by atoms with Crippen molar-refractivity contribution in [1.82, 2.24) is 15.3 Å². The number of hydrogen-bond donors (Lipinski definition) is 1. The molecule has 96 valence electrons. The lowest BCUT2D eigenvalue weighted by Crippen LogP contribution is -2.58. The Labute approximate surface area is 109 Å². The number of nitrogens with one attached hydrogen (secondary N) is 1. The first-order valence-electron chi connectivity index (χ1n) is 5.62. The second kappa shape index (κ2) is 4.89. The van der Waals surface area contributed by atoms with Crippen LogP contribution in [-0.4, -0.2) is 34.4 Å². The number of aromatic nitrogens is 2. The number of carbonyl (C=O) groups excluding carboxylic acids is 2. The Morgan fingerprint density at radius 2 is 2.22 bits per heavy atom. The molecular formula is C11H13ClN4O2. The summed E-state index contributed by atoms with van der Waals surface area (Å²) in [5, 5.41) is 2.61. The van der Waals surface area contributed by atoms with Crippen molar-refractivity contribution in [2.75, 3.05) is 11.4 Å². The lowest BCUT2D eigenvalue weighted by atomic mass is 10.1. The average Bonchev–Trinajstić information content (AvgIpc) is 2.26. The molecule has 0 aliphatic carbocycles. The van der Waals surface area contributed by atoms with Crippen LogP contribution in [0.1, 0.15) is 19.2 Å². The summed E-state index contributed by atoms with van der Waals surface area (Å²) >= 11 is 5.87. The van der Waals surface area contributed by atoms with Gasteiger partial charge in [0, 0.05) is 6.07 Å². The summed E-state index contributed by atoms with van der Waals surface area (Å²) in [4.78, 5) is 33.0. The third kappa shape index (κ3) is 2.43. The van der Waals surface area contributed by atoms with Crippen molar-refractivity contribution in [3.8, 4) is 0 Å². The molecule has 2 heterocycles. The van der Waals surface area contributed by atoms with Gasteiger partial charge in [0.2, 0.25) is 11.8 Å². The van der Waals surface area contributed by atoms with Gasteiger partial charge in [-0.2, -0.15) is 0 Å². The van der Waals surface area contributed by atoms with E-state index in [1.165, 1.54) is 0 Å². The monoisotopic (exact) mass is 268 g/mol. The number of imide groups is 1. The fourth-order valence-corrected chi connectivity index (χ4v) is 2.20. The molecule has 1 aliphatic heterocycles. The minimum absolute atomic E-state index is 0.0943. The summed E-state index contributed by atoms with van der Waals surface area (Å²) in [7, 11) is 0. The summed E-state index contributed by atoms with van der Waals surface area (Å²) in [5.74, 6) is 0.367. The third-order valence-corrected chi connectivity index (χ3v) is 2.92. The molecular weight excluding hydrogens is 256 g/mol. The number of nitrogens with zero attached hydrogens (tertiary/aromatic N) is 3. The van der Waals surface area contributed by atoms with Crippen molar-refractivity contribution in [1.29, 1.82) is 0 Å². The van der Waals surface area contributed by atoms with Crippen molar-refractivity contribution in [2.45, 2.75) is 26.3 Å². The van der Waals surface area contributed by atoms with E-state index in [-0.39, 0.29) is 18.4 Å². The Bertz CT molecular complexity index is 486. The number of hydrogen-bond acceptors (Lipinski definition) is 5. The number of anilines is 1. The number of rotatable bonds is 2. The van der Waals surface area contributed by atoms with Gasteiger partial charge in [0.15, 0.2) is 0 Å². The number of halogens is 1. The van der Waals surface area contributed by atoms with E-state index in [1.54, 1.807) is 17.9 Å². The van der Waals surface area contributed by atoms with E-state index in [2.05, 4.69) is 15.3 Å². The van der Waals surface area contributed by atoms with Gasteiger partial charge in [0.1, 0.15) is 22.8 Å². The fraction of sp³-hybridized carbons (Fsp3) is 0.455. The molecule has 1 atom stereocenters. The molecule has 1 aliphatic rings. The van der Waals surface area contributed by atoms with Crippen LogP contribution < -0.4 is 10.2 Å². The van der Waals surface area contributed by atoms with Gasteiger partial charge in [0.05, 0.1) is 6.54 Å². The van der Waals surface area contributed by atoms with E-state index in [1.807, 2.05) is 6.92 Å². The minimum atomic E-state index is -0.409. The molecule has 1 unspecified atom stereocenters. The van der Waals surface area contributed by atoms with Gasteiger partial charge in [-0.1, -0.05) is 18.5 Å². The van der Waals surface area contributed by atoms with E-state index in [0.29, 0.717) is 23.2 Å². The summed E-state index contributed by atoms with van der Waals surface area (Å²) < 4.78 is 0. The summed E-state index contributed by atoms with van der Waals surface area (Å²) in [6.07, 6.45) is 0.583. The Morgan fingerprint density at radius 3 is 2.83 bits per heavy atom. The quantitative estimate of drug-likeness (QED) is 0.631. The van der Waals surface area contributed by atoms with Crippen molar-refractivity contribution in [2.24, 2.45) is 0 Å². The molecule has 0 radical (unpaired) electrons. The Balaban J connectivity index is 2.39. The van der Waals surface area contributed by atoms with Gasteiger partial charge in [-0.25, -0.2) is 9.97 Å². The SMILES string of the molecule is CCC1C(=O)NC(=O)CN1c1cc(Cl)nc(C)n1. The van der Waals surface area contributed by atoms with Gasteiger partial charge in [-0.3, -0.25) is 14.9 Å². The second-order valence-electron chi connectivity index (χ2n) is 4.06. The third-order valence-electron chi connectivity index (χ3n) is 2.73. The largest absolute Gasteiger partial charge is 0.335 e. The van der Waals surface area contributed by atoms with Crippen molar-refractivity contribution >= 4 is 29.2 Å². The van der Waals surface area contributed by atoms with Crippen LogP contribution in [0, 0.1) is 6.92 Å². The zero-order valence-electron chi connectivity index (χ0n) is 10.1. The molecule has 1 fully saturated rings. The average molecular weight is 269 g/mol. The highest BCUT2D eigenvalue weighted by Crippen LogP contribution is 2.21. The Hall–Kier alpha value is -1.69. The lowest BCUT2D eigenvalue weighted by molar-refractivity contribution is -0.132. The number of carbonyl (C=O) groups is 2. The molecule has 1 aromatic heterocycles. The molecule has 1 N–H and O–H groups in total. The molecule has 0 aromatic carbocycles. The van der Waals surface area contributed by atoms with Crippen molar-refractivity contribution in [3.63, 3.8) is 0 Å². The maximum absolute atomic E-state index is 11.7. The standard InChI is InChI=1S/C11H13ClN4O2/c1-3-7-11(18)15-10(17)5-16(7)9-4-8(12)13-6(2)14-9/h4,7H,3,5H2,1-2H3,(H,15,17,18). The van der Waals surface area contributed by atoms with Crippen molar-refractivity contribution in [3.05, 3.63) is 17.0 Å². The molecule has 1 saturated heterocycles. The maximum atomic E-state index is 11.7. The van der Waals surface area contributed by atoms with Crippen LogP contribution in [0.15, 0.2) is 6.07 Å². The predicted octanol–water partition coefficient (Wildman–Crippen LogP) is 0.680. The van der Waals surface area contributed by atoms with Gasteiger partial charge in [-0.05, 0) is 13.3 Å². The van der Waals surface area contributed by atoms with Crippen molar-refractivity contribution < 1.29 is 9.59 Å². The highest BCUT2D eigenvalue weighted by Gasteiger charge is 2.33. The molecule has 2 rings (SSSR count). The summed E-state index contributed by atoms with van der Waals surface area (Å²) in [6, 6.07) is 1.15. The van der Waals surface area contributed by atoms with Crippen LogP contribution in [0.2, 0.25) is 5.15 Å². The Morgan fingerprint density at radius 1 is 1.50 bits per heavy atom. The fourth-order valence-electron chi connectivity index (χ4n) is 1.98. The van der Waals surface area contributed by atoms with E-state index in [4.69, 9.17) is 11.6 Å². The molecule has 7 heteroatoms. The van der Waals surface area contributed by atoms with E-state index in [9.17, 15) is 9.59 Å². The van der Waals surface area contributed by atoms with Crippen LogP contribution in [0.5, 0.6) is 0 Å². The lowest BCUT2D eigenvalue weighted by Gasteiger charge is -2.34. The van der Waals surface area contributed by atoms with Gasteiger partial charge in [-0.15, -0.1) is 0 Å². The molecule has 1 aromatic rings. The zero-order chi connectivity index (χ0) is 13.3. The summed E-state index contributed by atoms with van der Waals surface area (Å²) in [5.41, 5.74) is 0. The van der Waals surface area contributed by atoms with Crippen LogP contribution in [-0.2, 0) is 9.59 Å². The zero-order valence-corrected chi connectivity index (χ0v) is 10.9. The van der Waals surface area contributed by atoms with Crippen LogP contribution in [0.25, 0.3) is 0 Å². The smallest absolute Gasteiger partial charge is 0.249 e. The number of aryl methyl sites for hydroxylation is 1. The minimum Gasteiger partial charge on any atom is -0.335 e. The first-order chi connectivity index (χ1) is 8.51. The number of amides is 2. The second-order valence-corrected chi connectivity index (χ2v) is 4.45. The molecule has 0 saturated carbocycles. The first kappa shape index (κ1) is 12.8. The maximum Gasteiger partial charge on any atom is 0.249 e. The van der Waals surface area contributed by atoms with Gasteiger partial charge >= 0.3 is 0 Å².